The summed E-state index contributed by atoms with van der Waals surface area (Å²) in [6.45, 7) is 3.22. The lowest BCUT2D eigenvalue weighted by molar-refractivity contribution is 0.0351. The third-order valence-corrected chi connectivity index (χ3v) is 4.49. The lowest BCUT2D eigenvalue weighted by atomic mass is 9.93. The lowest BCUT2D eigenvalue weighted by Crippen LogP contribution is -2.19. The summed E-state index contributed by atoms with van der Waals surface area (Å²) in [5.41, 5.74) is 3.08. The highest BCUT2D eigenvalue weighted by Gasteiger charge is 2.24. The topological polar surface area (TPSA) is 35.5 Å². The van der Waals surface area contributed by atoms with Gasteiger partial charge in [0, 0.05) is 16.5 Å². The van der Waals surface area contributed by atoms with Crippen LogP contribution in [0, 0.1) is 0 Å². The van der Waals surface area contributed by atoms with Gasteiger partial charge in [-0.25, -0.2) is 0 Å². The van der Waals surface area contributed by atoms with Crippen LogP contribution in [-0.4, -0.2) is 19.0 Å². The Morgan fingerprint density at radius 2 is 2.04 bits per heavy atom. The van der Waals surface area contributed by atoms with Gasteiger partial charge in [0.05, 0.1) is 19.3 Å². The van der Waals surface area contributed by atoms with E-state index < -0.39 is 0 Å². The zero-order valence-electron chi connectivity index (χ0n) is 13.0. The Hall–Kier alpha value is -1.65. The van der Waals surface area contributed by atoms with E-state index in [-0.39, 0.29) is 11.9 Å². The third kappa shape index (κ3) is 3.82. The van der Waals surface area contributed by atoms with Gasteiger partial charge in [-0.2, -0.15) is 0 Å². The predicted octanol–water partition coefficient (Wildman–Crippen LogP) is 4.73. The zero-order chi connectivity index (χ0) is 16.2. The molecule has 0 spiro atoms. The largest absolute Gasteiger partial charge is 0.494 e. The van der Waals surface area contributed by atoms with Crippen molar-refractivity contribution in [2.45, 2.75) is 25.9 Å². The number of rotatable bonds is 5. The number of hydrogen-bond donors (Lipinski definition) is 0. The molecule has 0 aliphatic carbocycles. The molecule has 23 heavy (non-hydrogen) atoms. The third-order valence-electron chi connectivity index (χ3n) is 4.00. The van der Waals surface area contributed by atoms with Crippen LogP contribution < -0.4 is 4.74 Å². The number of ether oxygens (including phenoxy) is 2. The van der Waals surface area contributed by atoms with Crippen molar-refractivity contribution in [3.05, 3.63) is 63.6 Å². The molecule has 0 N–H and O–H groups in total. The maximum Gasteiger partial charge on any atom is 0.165 e. The van der Waals surface area contributed by atoms with Gasteiger partial charge in [-0.1, -0.05) is 22.0 Å². The van der Waals surface area contributed by atoms with Gasteiger partial charge in [0.1, 0.15) is 5.75 Å². The van der Waals surface area contributed by atoms with E-state index in [9.17, 15) is 4.79 Å². The second-order valence-corrected chi connectivity index (χ2v) is 6.45. The molecular formula is C19H19BrO3. The van der Waals surface area contributed by atoms with Gasteiger partial charge in [-0.3, -0.25) is 4.79 Å². The summed E-state index contributed by atoms with van der Waals surface area (Å²) < 4.78 is 12.3. The van der Waals surface area contributed by atoms with E-state index in [0.717, 1.165) is 22.2 Å². The highest BCUT2D eigenvalue weighted by atomic mass is 79.9. The van der Waals surface area contributed by atoms with E-state index in [1.54, 1.807) is 0 Å². The molecule has 120 valence electrons. The molecular weight excluding hydrogens is 356 g/mol. The molecule has 4 heteroatoms. The molecule has 1 atom stereocenters. The normalized spacial score (nSPS) is 16.7. The quantitative estimate of drug-likeness (QED) is 0.709. The fourth-order valence-corrected chi connectivity index (χ4v) is 3.27. The number of ketones is 1. The molecule has 1 heterocycles. The number of Topliss-reactive ketones (excluding diaryl/α,β-unsaturated/α-hetero) is 1. The Labute approximate surface area is 144 Å². The second-order valence-electron chi connectivity index (χ2n) is 5.54. The van der Waals surface area contributed by atoms with Gasteiger partial charge in [-0.05, 0) is 60.9 Å². The van der Waals surface area contributed by atoms with Gasteiger partial charge in [0.15, 0.2) is 5.78 Å². The summed E-state index contributed by atoms with van der Waals surface area (Å²) >= 11 is 3.50. The molecule has 2 aromatic rings. The number of hydrogen-bond acceptors (Lipinski definition) is 3. The van der Waals surface area contributed by atoms with Crippen LogP contribution in [0.2, 0.25) is 0 Å². The van der Waals surface area contributed by atoms with Crippen molar-refractivity contribution in [3.63, 3.8) is 0 Å². The monoisotopic (exact) mass is 374 g/mol. The number of fused-ring (bicyclic) bond motifs is 1. The molecule has 1 aliphatic heterocycles. The minimum atomic E-state index is -0.161. The standard InChI is InChI=1S/C19H19BrO3/c1-2-22-16-6-3-13(4-7-16)18(21)12-19-17-8-5-15(20)11-14(17)9-10-23-19/h3-8,11,19H,2,9-10,12H2,1H3. The number of benzene rings is 2. The smallest absolute Gasteiger partial charge is 0.165 e. The molecule has 1 unspecified atom stereocenters. The highest BCUT2D eigenvalue weighted by Crippen LogP contribution is 2.32. The Morgan fingerprint density at radius 1 is 1.26 bits per heavy atom. The Balaban J connectivity index is 1.73. The van der Waals surface area contributed by atoms with E-state index in [4.69, 9.17) is 9.47 Å². The first-order chi connectivity index (χ1) is 11.2. The Bertz CT molecular complexity index is 694. The number of carbonyl (C=O) groups is 1. The molecule has 2 aromatic carbocycles. The second kappa shape index (κ2) is 7.28. The van der Waals surface area contributed by atoms with Crippen LogP contribution in [-0.2, 0) is 11.2 Å². The van der Waals surface area contributed by atoms with E-state index >= 15 is 0 Å². The van der Waals surface area contributed by atoms with Crippen molar-refractivity contribution in [2.24, 2.45) is 0 Å². The van der Waals surface area contributed by atoms with Gasteiger partial charge >= 0.3 is 0 Å². The summed E-state index contributed by atoms with van der Waals surface area (Å²) in [5, 5.41) is 0. The summed E-state index contributed by atoms with van der Waals surface area (Å²) in [4.78, 5) is 12.5. The first-order valence-electron chi connectivity index (χ1n) is 7.83. The van der Waals surface area contributed by atoms with Crippen molar-refractivity contribution < 1.29 is 14.3 Å². The van der Waals surface area contributed by atoms with E-state index in [1.807, 2.05) is 37.3 Å². The number of carbonyl (C=O) groups excluding carboxylic acids is 1. The molecule has 3 rings (SSSR count). The first-order valence-corrected chi connectivity index (χ1v) is 8.62. The molecule has 0 amide bonds. The Kier molecular flexibility index (Phi) is 5.13. The molecule has 3 nitrogen and oxygen atoms in total. The lowest BCUT2D eigenvalue weighted by Gasteiger charge is -2.26. The van der Waals surface area contributed by atoms with Crippen LogP contribution in [0.15, 0.2) is 46.9 Å². The molecule has 0 aromatic heterocycles. The summed E-state index contributed by atoms with van der Waals surface area (Å²) in [5.74, 6) is 0.877. The predicted molar refractivity (Wildman–Crippen MR) is 93.1 cm³/mol. The van der Waals surface area contributed by atoms with Crippen molar-refractivity contribution >= 4 is 21.7 Å². The van der Waals surface area contributed by atoms with Crippen LogP contribution >= 0.6 is 15.9 Å². The summed E-state index contributed by atoms with van der Waals surface area (Å²) in [6.07, 6.45) is 1.09. The van der Waals surface area contributed by atoms with Crippen LogP contribution in [0.5, 0.6) is 5.75 Å². The van der Waals surface area contributed by atoms with E-state index in [1.165, 1.54) is 5.56 Å². The maximum atomic E-state index is 12.5. The van der Waals surface area contributed by atoms with Crippen LogP contribution in [0.4, 0.5) is 0 Å². The van der Waals surface area contributed by atoms with E-state index in [2.05, 4.69) is 28.1 Å². The summed E-state index contributed by atoms with van der Waals surface area (Å²) in [6, 6.07) is 13.5. The van der Waals surface area contributed by atoms with E-state index in [0.29, 0.717) is 25.2 Å². The molecule has 0 bridgehead atoms. The highest BCUT2D eigenvalue weighted by molar-refractivity contribution is 9.10. The minimum Gasteiger partial charge on any atom is -0.494 e. The first kappa shape index (κ1) is 16.2. The Morgan fingerprint density at radius 3 is 2.78 bits per heavy atom. The van der Waals surface area contributed by atoms with Crippen LogP contribution in [0.25, 0.3) is 0 Å². The van der Waals surface area contributed by atoms with Crippen molar-refractivity contribution in [1.82, 2.24) is 0 Å². The van der Waals surface area contributed by atoms with Gasteiger partial charge in [0.2, 0.25) is 0 Å². The zero-order valence-corrected chi connectivity index (χ0v) is 14.6. The van der Waals surface area contributed by atoms with Gasteiger partial charge < -0.3 is 9.47 Å². The fraction of sp³-hybridized carbons (Fsp3) is 0.316. The minimum absolute atomic E-state index is 0.0915. The molecule has 0 radical (unpaired) electrons. The van der Waals surface area contributed by atoms with Crippen molar-refractivity contribution in [2.75, 3.05) is 13.2 Å². The fourth-order valence-electron chi connectivity index (χ4n) is 2.86. The van der Waals surface area contributed by atoms with Crippen molar-refractivity contribution in [1.29, 1.82) is 0 Å². The molecule has 0 saturated carbocycles. The molecule has 0 saturated heterocycles. The van der Waals surface area contributed by atoms with Gasteiger partial charge in [-0.15, -0.1) is 0 Å². The molecule has 1 aliphatic rings. The van der Waals surface area contributed by atoms with Crippen LogP contribution in [0.3, 0.4) is 0 Å². The molecule has 0 fully saturated rings. The van der Waals surface area contributed by atoms with Crippen molar-refractivity contribution in [3.8, 4) is 5.75 Å². The SMILES string of the molecule is CCOc1ccc(C(=O)CC2OCCc3cc(Br)ccc32)cc1. The summed E-state index contributed by atoms with van der Waals surface area (Å²) in [7, 11) is 0. The maximum absolute atomic E-state index is 12.5. The average Bonchev–Trinajstić information content (AvgIpc) is 2.55. The van der Waals surface area contributed by atoms with Gasteiger partial charge in [0.25, 0.3) is 0 Å². The van der Waals surface area contributed by atoms with Crippen LogP contribution in [0.1, 0.15) is 40.9 Å². The number of halogens is 1. The average molecular weight is 375 g/mol.